The topological polar surface area (TPSA) is 21.3 Å². The Bertz CT molecular complexity index is 173. The number of hydrogen-bond donors (Lipinski definition) is 1. The van der Waals surface area contributed by atoms with Gasteiger partial charge < -0.3 is 10.1 Å². The minimum atomic E-state index is 0.583. The van der Waals surface area contributed by atoms with Crippen LogP contribution in [-0.2, 0) is 4.74 Å². The highest BCUT2D eigenvalue weighted by atomic mass is 16.5. The molecular weight excluding hydrogens is 186 g/mol. The van der Waals surface area contributed by atoms with Crippen LogP contribution in [0.1, 0.15) is 51.9 Å². The van der Waals surface area contributed by atoms with Crippen molar-refractivity contribution in [3.8, 4) is 0 Å². The third-order valence-electron chi connectivity index (χ3n) is 3.77. The highest BCUT2D eigenvalue weighted by molar-refractivity contribution is 4.82. The number of ether oxygens (including phenoxy) is 1. The van der Waals surface area contributed by atoms with Crippen LogP contribution in [0.4, 0.5) is 0 Å². The molecule has 2 unspecified atom stereocenters. The van der Waals surface area contributed by atoms with Crippen molar-refractivity contribution in [2.75, 3.05) is 13.2 Å². The van der Waals surface area contributed by atoms with E-state index in [1.165, 1.54) is 51.5 Å². The highest BCUT2D eigenvalue weighted by Gasteiger charge is 2.22. The first kappa shape index (κ1) is 11.4. The Hall–Kier alpha value is -0.0800. The smallest absolute Gasteiger partial charge is 0.0576 e. The van der Waals surface area contributed by atoms with Gasteiger partial charge in [-0.15, -0.1) is 0 Å². The zero-order valence-electron chi connectivity index (χ0n) is 10.0. The summed E-state index contributed by atoms with van der Waals surface area (Å²) in [7, 11) is 0. The van der Waals surface area contributed by atoms with Gasteiger partial charge in [-0.1, -0.05) is 13.3 Å². The first-order valence-corrected chi connectivity index (χ1v) is 6.73. The van der Waals surface area contributed by atoms with E-state index in [0.29, 0.717) is 6.10 Å². The maximum Gasteiger partial charge on any atom is 0.0576 e. The number of rotatable bonds is 7. The standard InChI is InChI=1S/C13H25NO/c1-2-11(10-14-12-6-7-12)5-8-13-4-3-9-15-13/h11-14H,2-10H2,1H3. The van der Waals surface area contributed by atoms with Crippen LogP contribution in [0.5, 0.6) is 0 Å². The van der Waals surface area contributed by atoms with Gasteiger partial charge in [-0.05, 0) is 51.0 Å². The minimum Gasteiger partial charge on any atom is -0.378 e. The molecule has 15 heavy (non-hydrogen) atoms. The lowest BCUT2D eigenvalue weighted by Gasteiger charge is -2.17. The lowest BCUT2D eigenvalue weighted by molar-refractivity contribution is 0.0977. The molecule has 2 atom stereocenters. The van der Waals surface area contributed by atoms with Gasteiger partial charge in [0, 0.05) is 12.6 Å². The fourth-order valence-electron chi connectivity index (χ4n) is 2.36. The molecule has 2 aliphatic rings. The van der Waals surface area contributed by atoms with E-state index >= 15 is 0 Å². The van der Waals surface area contributed by atoms with Crippen molar-refractivity contribution in [1.82, 2.24) is 5.32 Å². The summed E-state index contributed by atoms with van der Waals surface area (Å²) in [5.74, 6) is 0.870. The Balaban J connectivity index is 1.56. The van der Waals surface area contributed by atoms with Gasteiger partial charge in [-0.3, -0.25) is 0 Å². The van der Waals surface area contributed by atoms with Crippen molar-refractivity contribution < 1.29 is 4.74 Å². The molecule has 0 bridgehead atoms. The van der Waals surface area contributed by atoms with Crippen LogP contribution in [0.3, 0.4) is 0 Å². The molecule has 88 valence electrons. The summed E-state index contributed by atoms with van der Waals surface area (Å²) < 4.78 is 5.67. The summed E-state index contributed by atoms with van der Waals surface area (Å²) in [4.78, 5) is 0. The monoisotopic (exact) mass is 211 g/mol. The van der Waals surface area contributed by atoms with E-state index in [9.17, 15) is 0 Å². The van der Waals surface area contributed by atoms with Gasteiger partial charge in [0.1, 0.15) is 0 Å². The van der Waals surface area contributed by atoms with Crippen LogP contribution < -0.4 is 5.32 Å². The zero-order chi connectivity index (χ0) is 10.5. The molecule has 1 aliphatic heterocycles. The summed E-state index contributed by atoms with van der Waals surface area (Å²) in [6, 6.07) is 0.863. The summed E-state index contributed by atoms with van der Waals surface area (Å²) in [6.45, 7) is 4.55. The Morgan fingerprint density at radius 2 is 2.20 bits per heavy atom. The van der Waals surface area contributed by atoms with Gasteiger partial charge in [-0.25, -0.2) is 0 Å². The molecule has 2 nitrogen and oxygen atoms in total. The maximum absolute atomic E-state index is 5.67. The predicted octanol–water partition coefficient (Wildman–Crippen LogP) is 2.72. The molecule has 0 aromatic carbocycles. The van der Waals surface area contributed by atoms with Crippen LogP contribution in [0, 0.1) is 5.92 Å². The Morgan fingerprint density at radius 3 is 2.80 bits per heavy atom. The lowest BCUT2D eigenvalue weighted by Crippen LogP contribution is -2.25. The van der Waals surface area contributed by atoms with Crippen molar-refractivity contribution in [2.24, 2.45) is 5.92 Å². The fourth-order valence-corrected chi connectivity index (χ4v) is 2.36. The average molecular weight is 211 g/mol. The number of nitrogens with one attached hydrogen (secondary N) is 1. The third-order valence-corrected chi connectivity index (χ3v) is 3.77. The first-order valence-electron chi connectivity index (χ1n) is 6.73. The molecule has 0 spiro atoms. The maximum atomic E-state index is 5.67. The lowest BCUT2D eigenvalue weighted by atomic mass is 9.97. The van der Waals surface area contributed by atoms with E-state index in [4.69, 9.17) is 4.74 Å². The quantitative estimate of drug-likeness (QED) is 0.699. The van der Waals surface area contributed by atoms with E-state index in [-0.39, 0.29) is 0 Å². The van der Waals surface area contributed by atoms with E-state index in [2.05, 4.69) is 12.2 Å². The Labute approximate surface area is 93.8 Å². The van der Waals surface area contributed by atoms with Crippen LogP contribution in [0.2, 0.25) is 0 Å². The average Bonchev–Trinajstić information content (AvgIpc) is 2.94. The van der Waals surface area contributed by atoms with Gasteiger partial charge in [-0.2, -0.15) is 0 Å². The van der Waals surface area contributed by atoms with Crippen LogP contribution in [-0.4, -0.2) is 25.3 Å². The molecular formula is C13H25NO. The second kappa shape index (κ2) is 5.86. The highest BCUT2D eigenvalue weighted by Crippen LogP contribution is 2.23. The third kappa shape index (κ3) is 4.12. The molecule has 0 aromatic rings. The van der Waals surface area contributed by atoms with E-state index < -0.39 is 0 Å². The van der Waals surface area contributed by atoms with E-state index in [0.717, 1.165) is 18.6 Å². The van der Waals surface area contributed by atoms with Crippen molar-refractivity contribution in [3.05, 3.63) is 0 Å². The molecule has 0 radical (unpaired) electrons. The van der Waals surface area contributed by atoms with Crippen molar-refractivity contribution in [1.29, 1.82) is 0 Å². The molecule has 1 heterocycles. The van der Waals surface area contributed by atoms with Crippen LogP contribution in [0.25, 0.3) is 0 Å². The summed E-state index contributed by atoms with van der Waals surface area (Å²) in [5.41, 5.74) is 0. The molecule has 0 aromatic heterocycles. The zero-order valence-corrected chi connectivity index (χ0v) is 10.0. The second-order valence-corrected chi connectivity index (χ2v) is 5.17. The normalized spacial score (nSPS) is 28.2. The molecule has 1 saturated carbocycles. The SMILES string of the molecule is CCC(CCC1CCCO1)CNC1CC1. The van der Waals surface area contributed by atoms with E-state index in [1.54, 1.807) is 0 Å². The van der Waals surface area contributed by atoms with Crippen LogP contribution >= 0.6 is 0 Å². The minimum absolute atomic E-state index is 0.583. The summed E-state index contributed by atoms with van der Waals surface area (Å²) in [6.07, 6.45) is 9.91. The largest absolute Gasteiger partial charge is 0.378 e. The molecule has 2 heteroatoms. The summed E-state index contributed by atoms with van der Waals surface area (Å²) in [5, 5.41) is 3.64. The van der Waals surface area contributed by atoms with E-state index in [1.807, 2.05) is 0 Å². The molecule has 0 amide bonds. The van der Waals surface area contributed by atoms with Gasteiger partial charge in [0.25, 0.3) is 0 Å². The Kier molecular flexibility index (Phi) is 4.45. The van der Waals surface area contributed by atoms with Crippen LogP contribution in [0.15, 0.2) is 0 Å². The Morgan fingerprint density at radius 1 is 1.33 bits per heavy atom. The van der Waals surface area contributed by atoms with Gasteiger partial charge in [0.05, 0.1) is 6.10 Å². The number of hydrogen-bond acceptors (Lipinski definition) is 2. The summed E-state index contributed by atoms with van der Waals surface area (Å²) >= 11 is 0. The van der Waals surface area contributed by atoms with Crippen molar-refractivity contribution >= 4 is 0 Å². The molecule has 1 N–H and O–H groups in total. The first-order chi connectivity index (χ1) is 7.38. The van der Waals surface area contributed by atoms with Gasteiger partial charge >= 0.3 is 0 Å². The van der Waals surface area contributed by atoms with Crippen molar-refractivity contribution in [2.45, 2.75) is 64.0 Å². The fraction of sp³-hybridized carbons (Fsp3) is 1.00. The molecule has 2 fully saturated rings. The molecule has 1 aliphatic carbocycles. The molecule has 2 rings (SSSR count). The second-order valence-electron chi connectivity index (χ2n) is 5.17. The van der Waals surface area contributed by atoms with Crippen molar-refractivity contribution in [3.63, 3.8) is 0 Å². The van der Waals surface area contributed by atoms with Gasteiger partial charge in [0.15, 0.2) is 0 Å². The molecule has 1 saturated heterocycles. The van der Waals surface area contributed by atoms with Gasteiger partial charge in [0.2, 0.25) is 0 Å². The predicted molar refractivity (Wildman–Crippen MR) is 63.0 cm³/mol.